The fourth-order valence-electron chi connectivity index (χ4n) is 1.82. The van der Waals surface area contributed by atoms with Crippen LogP contribution in [0, 0.1) is 0 Å². The van der Waals surface area contributed by atoms with Crippen LogP contribution in [-0.2, 0) is 0 Å². The van der Waals surface area contributed by atoms with Gasteiger partial charge in [-0.25, -0.2) is 0 Å². The summed E-state index contributed by atoms with van der Waals surface area (Å²) in [5, 5.41) is 0. The van der Waals surface area contributed by atoms with E-state index in [4.69, 9.17) is 4.74 Å². The van der Waals surface area contributed by atoms with E-state index in [-0.39, 0.29) is 0 Å². The summed E-state index contributed by atoms with van der Waals surface area (Å²) in [6.45, 7) is 3.16. The molecule has 0 saturated carbocycles. The van der Waals surface area contributed by atoms with Crippen molar-refractivity contribution in [3.8, 4) is 0 Å². The SMILES string of the molecule is CCCCN=P(N(C)C)(N(C)C)N(C)C. The van der Waals surface area contributed by atoms with Crippen molar-refractivity contribution < 1.29 is 0 Å². The molecule has 0 rings (SSSR count). The Bertz CT molecular complexity index is 195. The maximum Gasteiger partial charge on any atom is 0.166 e. The van der Waals surface area contributed by atoms with Crippen LogP contribution < -0.4 is 0 Å². The Labute approximate surface area is 95.5 Å². The first kappa shape index (κ1) is 15.1. The fraction of sp³-hybridized carbons (Fsp3) is 1.00. The van der Waals surface area contributed by atoms with Crippen molar-refractivity contribution >= 4 is 7.51 Å². The zero-order valence-corrected chi connectivity index (χ0v) is 12.3. The van der Waals surface area contributed by atoms with Gasteiger partial charge in [-0.05, 0) is 48.7 Å². The molecule has 0 aromatic rings. The van der Waals surface area contributed by atoms with Gasteiger partial charge in [0.1, 0.15) is 0 Å². The quantitative estimate of drug-likeness (QED) is 0.520. The largest absolute Gasteiger partial charge is 0.261 e. The normalized spacial score (nSPS) is 12.9. The van der Waals surface area contributed by atoms with E-state index >= 15 is 0 Å². The lowest BCUT2D eigenvalue weighted by Crippen LogP contribution is -2.30. The van der Waals surface area contributed by atoms with Crippen molar-refractivity contribution in [1.29, 1.82) is 0 Å². The van der Waals surface area contributed by atoms with E-state index in [0.29, 0.717) is 0 Å². The van der Waals surface area contributed by atoms with E-state index in [1.54, 1.807) is 0 Å². The maximum atomic E-state index is 4.93. The Morgan fingerprint density at radius 3 is 1.53 bits per heavy atom. The number of hydrogen-bond donors (Lipinski definition) is 0. The van der Waals surface area contributed by atoms with E-state index in [9.17, 15) is 0 Å². The first-order valence-corrected chi connectivity index (χ1v) is 7.11. The van der Waals surface area contributed by atoms with Gasteiger partial charge in [0.15, 0.2) is 7.51 Å². The van der Waals surface area contributed by atoms with Gasteiger partial charge in [0.2, 0.25) is 0 Å². The van der Waals surface area contributed by atoms with Crippen LogP contribution in [0.5, 0.6) is 0 Å². The molecule has 0 amide bonds. The highest BCUT2D eigenvalue weighted by Crippen LogP contribution is 2.54. The molecule has 0 spiro atoms. The van der Waals surface area contributed by atoms with Crippen molar-refractivity contribution in [2.24, 2.45) is 4.74 Å². The second kappa shape index (κ2) is 6.64. The van der Waals surface area contributed by atoms with Gasteiger partial charge in [0.25, 0.3) is 0 Å². The standard InChI is InChI=1S/C10H27N4P/c1-8-9-10-11-15(12(2)3,13(4)5)14(6)7/h8-10H2,1-7H3. The molecule has 0 aromatic heterocycles. The molecule has 0 aliphatic heterocycles. The Morgan fingerprint density at radius 1 is 0.867 bits per heavy atom. The molecule has 0 N–H and O–H groups in total. The van der Waals surface area contributed by atoms with Crippen LogP contribution in [0.4, 0.5) is 0 Å². The third-order valence-corrected chi connectivity index (χ3v) is 6.21. The fourth-order valence-corrected chi connectivity index (χ4v) is 5.13. The predicted octanol–water partition coefficient (Wildman–Crippen LogP) is 2.42. The van der Waals surface area contributed by atoms with Gasteiger partial charge >= 0.3 is 0 Å². The van der Waals surface area contributed by atoms with Crippen LogP contribution in [-0.4, -0.2) is 62.8 Å². The lowest BCUT2D eigenvalue weighted by molar-refractivity contribution is 0.470. The molecule has 0 saturated heterocycles. The second-order valence-corrected chi connectivity index (χ2v) is 8.05. The predicted molar refractivity (Wildman–Crippen MR) is 70.2 cm³/mol. The van der Waals surface area contributed by atoms with Crippen molar-refractivity contribution in [2.45, 2.75) is 19.8 Å². The van der Waals surface area contributed by atoms with Crippen molar-refractivity contribution in [1.82, 2.24) is 14.0 Å². The molecule has 0 heterocycles. The van der Waals surface area contributed by atoms with Crippen molar-refractivity contribution in [2.75, 3.05) is 48.8 Å². The monoisotopic (exact) mass is 234 g/mol. The summed E-state index contributed by atoms with van der Waals surface area (Å²) >= 11 is 0. The maximum absolute atomic E-state index is 4.93. The van der Waals surface area contributed by atoms with Crippen LogP contribution in [0.1, 0.15) is 19.8 Å². The molecular weight excluding hydrogens is 207 g/mol. The Morgan fingerprint density at radius 2 is 1.27 bits per heavy atom. The van der Waals surface area contributed by atoms with Gasteiger partial charge in [-0.3, -0.25) is 18.8 Å². The molecule has 4 nitrogen and oxygen atoms in total. The van der Waals surface area contributed by atoms with Gasteiger partial charge in [0.05, 0.1) is 0 Å². The van der Waals surface area contributed by atoms with Crippen LogP contribution in [0.2, 0.25) is 0 Å². The van der Waals surface area contributed by atoms with Crippen LogP contribution in [0.3, 0.4) is 0 Å². The second-order valence-electron chi connectivity index (χ2n) is 4.30. The molecular formula is C10H27N4P. The zero-order valence-electron chi connectivity index (χ0n) is 11.4. The number of hydrogen-bond acceptors (Lipinski definition) is 1. The smallest absolute Gasteiger partial charge is 0.166 e. The molecule has 0 aliphatic carbocycles. The minimum atomic E-state index is -1.62. The van der Waals surface area contributed by atoms with E-state index in [0.717, 1.165) is 6.54 Å². The first-order valence-electron chi connectivity index (χ1n) is 5.51. The highest BCUT2D eigenvalue weighted by Gasteiger charge is 2.27. The van der Waals surface area contributed by atoms with E-state index in [1.807, 2.05) is 0 Å². The molecule has 92 valence electrons. The molecule has 0 aliphatic rings. The molecule has 5 heteroatoms. The first-order chi connectivity index (χ1) is 6.89. The molecule has 0 unspecified atom stereocenters. The molecule has 0 aromatic carbocycles. The molecule has 15 heavy (non-hydrogen) atoms. The van der Waals surface area contributed by atoms with E-state index < -0.39 is 7.51 Å². The van der Waals surface area contributed by atoms with Crippen LogP contribution in [0.25, 0.3) is 0 Å². The average Bonchev–Trinajstić information content (AvgIpc) is 2.10. The lowest BCUT2D eigenvalue weighted by Gasteiger charge is -2.41. The summed E-state index contributed by atoms with van der Waals surface area (Å²) in [6.07, 6.45) is 2.38. The van der Waals surface area contributed by atoms with Gasteiger partial charge in [-0.15, -0.1) is 0 Å². The minimum absolute atomic E-state index is 0.957. The highest BCUT2D eigenvalue weighted by molar-refractivity contribution is 7.59. The number of unbranched alkanes of at least 4 members (excludes halogenated alkanes) is 1. The third kappa shape index (κ3) is 3.56. The summed E-state index contributed by atoms with van der Waals surface area (Å²) in [7, 11) is 11.1. The van der Waals surface area contributed by atoms with Gasteiger partial charge < -0.3 is 0 Å². The van der Waals surface area contributed by atoms with E-state index in [1.165, 1.54) is 12.8 Å². The Kier molecular flexibility index (Phi) is 6.69. The highest BCUT2D eigenvalue weighted by atomic mass is 31.2. The van der Waals surface area contributed by atoms with Gasteiger partial charge in [0, 0.05) is 6.54 Å². The Hall–Kier alpha value is 0.110. The summed E-state index contributed by atoms with van der Waals surface area (Å²) in [6, 6.07) is 0. The van der Waals surface area contributed by atoms with Gasteiger partial charge in [-0.1, -0.05) is 13.3 Å². The van der Waals surface area contributed by atoms with Crippen LogP contribution >= 0.6 is 7.51 Å². The van der Waals surface area contributed by atoms with Crippen molar-refractivity contribution in [3.63, 3.8) is 0 Å². The topological polar surface area (TPSA) is 22.1 Å². The summed E-state index contributed by atoms with van der Waals surface area (Å²) in [5.41, 5.74) is 0. The molecule has 0 radical (unpaired) electrons. The van der Waals surface area contributed by atoms with Crippen LogP contribution in [0.15, 0.2) is 4.74 Å². The summed E-state index contributed by atoms with van der Waals surface area (Å²) in [4.78, 5) is 0. The number of rotatable bonds is 6. The van der Waals surface area contributed by atoms with E-state index in [2.05, 4.69) is 63.2 Å². The average molecular weight is 234 g/mol. The summed E-state index contributed by atoms with van der Waals surface area (Å²) < 4.78 is 11.7. The molecule has 0 fully saturated rings. The minimum Gasteiger partial charge on any atom is -0.261 e. The summed E-state index contributed by atoms with van der Waals surface area (Å²) in [5.74, 6) is 0. The number of nitrogens with zero attached hydrogens (tertiary/aromatic N) is 4. The Balaban J connectivity index is 5.04. The molecule has 0 bridgehead atoms. The van der Waals surface area contributed by atoms with Crippen molar-refractivity contribution in [3.05, 3.63) is 0 Å². The third-order valence-electron chi connectivity index (χ3n) is 2.41. The molecule has 0 atom stereocenters. The zero-order chi connectivity index (χ0) is 12.1. The van der Waals surface area contributed by atoms with Gasteiger partial charge in [-0.2, -0.15) is 0 Å². The lowest BCUT2D eigenvalue weighted by atomic mass is 10.3.